The molecule has 0 saturated heterocycles. The second kappa shape index (κ2) is 7.20. The van der Waals surface area contributed by atoms with Crippen molar-refractivity contribution < 1.29 is 4.21 Å². The molecule has 0 amide bonds. The molecule has 0 aliphatic rings. The van der Waals surface area contributed by atoms with Crippen molar-refractivity contribution in [3.63, 3.8) is 0 Å². The van der Waals surface area contributed by atoms with Gasteiger partial charge in [-0.3, -0.25) is 4.21 Å². The first-order valence-electron chi connectivity index (χ1n) is 6.97. The van der Waals surface area contributed by atoms with Gasteiger partial charge in [0.05, 0.1) is 0 Å². The van der Waals surface area contributed by atoms with Gasteiger partial charge in [-0.1, -0.05) is 52.0 Å². The zero-order valence-corrected chi connectivity index (χ0v) is 13.6. The Kier molecular flexibility index (Phi) is 6.21. The average Bonchev–Trinajstić information content (AvgIpc) is 2.30. The predicted octanol–water partition coefficient (Wildman–Crippen LogP) is 3.27. The molecular formula is C16H27NOS. The Morgan fingerprint density at radius 2 is 1.89 bits per heavy atom. The molecule has 0 aliphatic carbocycles. The van der Waals surface area contributed by atoms with Crippen LogP contribution in [0.4, 0.5) is 0 Å². The highest BCUT2D eigenvalue weighted by Gasteiger charge is 2.25. The summed E-state index contributed by atoms with van der Waals surface area (Å²) in [5.41, 5.74) is 2.56. The maximum atomic E-state index is 12.4. The monoisotopic (exact) mass is 281 g/mol. The minimum atomic E-state index is -0.822. The van der Waals surface area contributed by atoms with Crippen molar-refractivity contribution in [1.82, 2.24) is 5.32 Å². The van der Waals surface area contributed by atoms with E-state index in [1.54, 1.807) is 0 Å². The Balaban J connectivity index is 2.66. The van der Waals surface area contributed by atoms with Gasteiger partial charge >= 0.3 is 0 Å². The quantitative estimate of drug-likeness (QED) is 0.867. The number of benzene rings is 1. The molecule has 0 bridgehead atoms. The van der Waals surface area contributed by atoms with Crippen LogP contribution in [-0.2, 0) is 16.6 Å². The predicted molar refractivity (Wildman–Crippen MR) is 84.8 cm³/mol. The van der Waals surface area contributed by atoms with Crippen molar-refractivity contribution in [1.29, 1.82) is 0 Å². The van der Waals surface area contributed by atoms with Crippen LogP contribution >= 0.6 is 0 Å². The molecule has 108 valence electrons. The molecule has 1 rings (SSSR count). The topological polar surface area (TPSA) is 29.1 Å². The highest BCUT2D eigenvalue weighted by atomic mass is 32.2. The molecule has 2 nitrogen and oxygen atoms in total. The molecule has 2 unspecified atom stereocenters. The van der Waals surface area contributed by atoms with Crippen molar-refractivity contribution in [3.05, 3.63) is 35.4 Å². The maximum absolute atomic E-state index is 12.4. The molecule has 1 N–H and O–H groups in total. The molecule has 0 radical (unpaired) electrons. The average molecular weight is 281 g/mol. The molecule has 0 spiro atoms. The summed E-state index contributed by atoms with van der Waals surface area (Å²) in [5, 5.41) is 3.46. The Hall–Kier alpha value is -0.670. The lowest BCUT2D eigenvalue weighted by molar-refractivity contribution is 0.294. The van der Waals surface area contributed by atoms with Crippen molar-refractivity contribution in [2.24, 2.45) is 5.41 Å². The molecule has 19 heavy (non-hydrogen) atoms. The van der Waals surface area contributed by atoms with E-state index >= 15 is 0 Å². The number of rotatable bonds is 6. The van der Waals surface area contributed by atoms with Crippen LogP contribution in [0.3, 0.4) is 0 Å². The van der Waals surface area contributed by atoms with E-state index in [0.29, 0.717) is 17.5 Å². The van der Waals surface area contributed by atoms with Gasteiger partial charge in [0.15, 0.2) is 0 Å². The lowest BCUT2D eigenvalue weighted by Gasteiger charge is -2.31. The number of hydrogen-bond acceptors (Lipinski definition) is 2. The lowest BCUT2D eigenvalue weighted by Crippen LogP contribution is -2.44. The summed E-state index contributed by atoms with van der Waals surface area (Å²) in [6.45, 7) is 11.7. The first-order valence-corrected chi connectivity index (χ1v) is 8.46. The van der Waals surface area contributed by atoms with E-state index in [-0.39, 0.29) is 5.41 Å². The van der Waals surface area contributed by atoms with Crippen molar-refractivity contribution in [2.45, 2.75) is 46.4 Å². The second-order valence-electron chi connectivity index (χ2n) is 6.15. The highest BCUT2D eigenvalue weighted by molar-refractivity contribution is 7.84. The fourth-order valence-electron chi connectivity index (χ4n) is 2.05. The molecule has 3 heteroatoms. The molecular weight excluding hydrogens is 254 g/mol. The number of hydrogen-bond donors (Lipinski definition) is 1. The van der Waals surface area contributed by atoms with Crippen LogP contribution in [0.1, 0.15) is 38.8 Å². The Morgan fingerprint density at radius 1 is 1.26 bits per heavy atom. The highest BCUT2D eigenvalue weighted by Crippen LogP contribution is 2.21. The van der Waals surface area contributed by atoms with Crippen LogP contribution in [0, 0.1) is 12.3 Å². The fraction of sp³-hybridized carbons (Fsp3) is 0.625. The zero-order chi connectivity index (χ0) is 14.5. The van der Waals surface area contributed by atoms with E-state index in [1.165, 1.54) is 11.1 Å². The van der Waals surface area contributed by atoms with Crippen LogP contribution in [0.2, 0.25) is 0 Å². The first-order chi connectivity index (χ1) is 8.84. The minimum absolute atomic E-state index is 0.136. The van der Waals surface area contributed by atoms with E-state index in [2.05, 4.69) is 52.1 Å². The Labute approximate surface area is 120 Å². The maximum Gasteiger partial charge on any atom is 0.0488 e. The summed E-state index contributed by atoms with van der Waals surface area (Å²) in [5.74, 6) is 1.37. The van der Waals surface area contributed by atoms with Gasteiger partial charge in [0, 0.05) is 28.3 Å². The Bertz CT molecular complexity index is 423. The molecule has 0 aliphatic heterocycles. The summed E-state index contributed by atoms with van der Waals surface area (Å²) in [6.07, 6.45) is 0. The zero-order valence-electron chi connectivity index (χ0n) is 12.8. The van der Waals surface area contributed by atoms with Crippen molar-refractivity contribution in [3.8, 4) is 0 Å². The van der Waals surface area contributed by atoms with Gasteiger partial charge in [-0.25, -0.2) is 0 Å². The van der Waals surface area contributed by atoms with Gasteiger partial charge in [-0.2, -0.15) is 0 Å². The normalized spacial score (nSPS) is 15.2. The van der Waals surface area contributed by atoms with Gasteiger partial charge in [-0.05, 0) is 30.0 Å². The SMILES string of the molecule is CCNC(CS(=O)Cc1ccccc1C)C(C)(C)C. The van der Waals surface area contributed by atoms with Crippen LogP contribution in [0.15, 0.2) is 24.3 Å². The van der Waals surface area contributed by atoms with Crippen molar-refractivity contribution in [2.75, 3.05) is 12.3 Å². The van der Waals surface area contributed by atoms with Crippen LogP contribution in [0.5, 0.6) is 0 Å². The van der Waals surface area contributed by atoms with Crippen LogP contribution < -0.4 is 5.32 Å². The summed E-state index contributed by atoms with van der Waals surface area (Å²) < 4.78 is 12.4. The van der Waals surface area contributed by atoms with Gasteiger partial charge in [-0.15, -0.1) is 0 Å². The molecule has 1 aromatic rings. The van der Waals surface area contributed by atoms with E-state index in [9.17, 15) is 4.21 Å². The third-order valence-corrected chi connectivity index (χ3v) is 4.76. The standard InChI is InChI=1S/C16H27NOS/c1-6-17-15(16(3,4)5)12-19(18)11-14-10-8-7-9-13(14)2/h7-10,15,17H,6,11-12H2,1-5H3. The van der Waals surface area contributed by atoms with Gasteiger partial charge in [0.1, 0.15) is 0 Å². The van der Waals surface area contributed by atoms with Gasteiger partial charge in [0.2, 0.25) is 0 Å². The summed E-state index contributed by atoms with van der Waals surface area (Å²) in [4.78, 5) is 0. The number of aryl methyl sites for hydroxylation is 1. The van der Waals surface area contributed by atoms with Crippen LogP contribution in [-0.4, -0.2) is 22.5 Å². The largest absolute Gasteiger partial charge is 0.313 e. The third-order valence-electron chi connectivity index (χ3n) is 3.43. The Morgan fingerprint density at radius 3 is 2.42 bits per heavy atom. The number of nitrogens with one attached hydrogen (secondary N) is 1. The molecule has 0 aromatic heterocycles. The molecule has 0 fully saturated rings. The molecule has 2 atom stereocenters. The van der Waals surface area contributed by atoms with E-state index in [1.807, 2.05) is 12.1 Å². The fourth-order valence-corrected chi connectivity index (χ4v) is 3.83. The summed E-state index contributed by atoms with van der Waals surface area (Å²) in [6, 6.07) is 8.50. The smallest absolute Gasteiger partial charge is 0.0488 e. The molecule has 0 heterocycles. The van der Waals surface area contributed by atoms with Crippen molar-refractivity contribution >= 4 is 10.8 Å². The lowest BCUT2D eigenvalue weighted by atomic mass is 9.88. The van der Waals surface area contributed by atoms with Gasteiger partial charge < -0.3 is 5.32 Å². The summed E-state index contributed by atoms with van der Waals surface area (Å²) in [7, 11) is -0.822. The minimum Gasteiger partial charge on any atom is -0.313 e. The van der Waals surface area contributed by atoms with E-state index in [4.69, 9.17) is 0 Å². The second-order valence-corrected chi connectivity index (χ2v) is 7.66. The van der Waals surface area contributed by atoms with Gasteiger partial charge in [0.25, 0.3) is 0 Å². The first kappa shape index (κ1) is 16.4. The summed E-state index contributed by atoms with van der Waals surface area (Å²) >= 11 is 0. The molecule has 0 saturated carbocycles. The van der Waals surface area contributed by atoms with E-state index < -0.39 is 10.8 Å². The molecule has 1 aromatic carbocycles. The van der Waals surface area contributed by atoms with E-state index in [0.717, 1.165) is 6.54 Å². The van der Waals surface area contributed by atoms with Crippen LogP contribution in [0.25, 0.3) is 0 Å². The third kappa shape index (κ3) is 5.45.